The van der Waals surface area contributed by atoms with E-state index < -0.39 is 0 Å². The summed E-state index contributed by atoms with van der Waals surface area (Å²) < 4.78 is 0. The lowest BCUT2D eigenvalue weighted by Crippen LogP contribution is -2.45. The maximum Gasteiger partial charge on any atom is 0.233 e. The summed E-state index contributed by atoms with van der Waals surface area (Å²) in [5.74, 6) is 0.286. The van der Waals surface area contributed by atoms with Crippen LogP contribution in [-0.2, 0) is 10.2 Å². The molecule has 1 aromatic rings. The van der Waals surface area contributed by atoms with E-state index in [2.05, 4.69) is 19.1 Å². The van der Waals surface area contributed by atoms with Crippen molar-refractivity contribution < 1.29 is 4.79 Å². The first-order valence-electron chi connectivity index (χ1n) is 6.77. The number of nitrogens with two attached hydrogens (primary N) is 1. The summed E-state index contributed by atoms with van der Waals surface area (Å²) in [4.78, 5) is 14.7. The standard InChI is InChI=1S/C15H20N2O/c1-11-13(16)7-10-17(11)14(18)15(8-9-15)12-5-3-2-4-6-12/h2-6,11,13H,7-10,16H2,1H3. The van der Waals surface area contributed by atoms with Crippen molar-refractivity contribution in [1.82, 2.24) is 4.90 Å². The van der Waals surface area contributed by atoms with Gasteiger partial charge in [0.15, 0.2) is 0 Å². The fourth-order valence-corrected chi connectivity index (χ4v) is 3.03. The quantitative estimate of drug-likeness (QED) is 0.860. The zero-order valence-corrected chi connectivity index (χ0v) is 10.8. The van der Waals surface area contributed by atoms with Crippen LogP contribution in [0.1, 0.15) is 31.7 Å². The molecule has 0 spiro atoms. The number of carbonyl (C=O) groups is 1. The molecule has 1 heterocycles. The number of amides is 1. The smallest absolute Gasteiger partial charge is 0.233 e. The molecule has 3 rings (SSSR count). The minimum atomic E-state index is -0.237. The van der Waals surface area contributed by atoms with E-state index in [0.29, 0.717) is 0 Å². The monoisotopic (exact) mass is 244 g/mol. The Balaban J connectivity index is 1.85. The van der Waals surface area contributed by atoms with Crippen LogP contribution in [0.2, 0.25) is 0 Å². The van der Waals surface area contributed by atoms with Gasteiger partial charge in [-0.3, -0.25) is 4.79 Å². The normalized spacial score (nSPS) is 29.3. The molecule has 0 aromatic heterocycles. The van der Waals surface area contributed by atoms with Gasteiger partial charge in [0.05, 0.1) is 5.41 Å². The zero-order chi connectivity index (χ0) is 12.8. The number of nitrogens with zero attached hydrogens (tertiary/aromatic N) is 1. The van der Waals surface area contributed by atoms with Gasteiger partial charge >= 0.3 is 0 Å². The van der Waals surface area contributed by atoms with Gasteiger partial charge in [-0.1, -0.05) is 30.3 Å². The Bertz CT molecular complexity index is 453. The SMILES string of the molecule is CC1C(N)CCN1C(=O)C1(c2ccccc2)CC1. The number of likely N-dealkylation sites (tertiary alicyclic amines) is 1. The zero-order valence-electron chi connectivity index (χ0n) is 10.8. The maximum absolute atomic E-state index is 12.8. The first-order valence-corrected chi connectivity index (χ1v) is 6.77. The van der Waals surface area contributed by atoms with E-state index >= 15 is 0 Å². The summed E-state index contributed by atoms with van der Waals surface area (Å²) in [5, 5.41) is 0. The molecule has 1 amide bonds. The topological polar surface area (TPSA) is 46.3 Å². The van der Waals surface area contributed by atoms with Crippen LogP contribution >= 0.6 is 0 Å². The van der Waals surface area contributed by atoms with E-state index in [9.17, 15) is 4.79 Å². The van der Waals surface area contributed by atoms with Crippen LogP contribution in [-0.4, -0.2) is 29.4 Å². The molecule has 2 fully saturated rings. The number of hydrogen-bond acceptors (Lipinski definition) is 2. The van der Waals surface area contributed by atoms with Crippen molar-refractivity contribution in [2.75, 3.05) is 6.54 Å². The van der Waals surface area contributed by atoms with Crippen molar-refractivity contribution in [3.63, 3.8) is 0 Å². The third-order valence-corrected chi connectivity index (χ3v) is 4.56. The van der Waals surface area contributed by atoms with Crippen molar-refractivity contribution in [2.45, 2.75) is 43.7 Å². The minimum absolute atomic E-state index is 0.139. The van der Waals surface area contributed by atoms with E-state index in [-0.39, 0.29) is 23.4 Å². The first kappa shape index (κ1) is 11.7. The second-order valence-corrected chi connectivity index (χ2v) is 5.64. The predicted molar refractivity (Wildman–Crippen MR) is 71.1 cm³/mol. The van der Waals surface area contributed by atoms with Gasteiger partial charge in [-0.05, 0) is 31.7 Å². The summed E-state index contributed by atoms with van der Waals surface area (Å²) in [7, 11) is 0. The lowest BCUT2D eigenvalue weighted by Gasteiger charge is -2.28. The molecular weight excluding hydrogens is 224 g/mol. The van der Waals surface area contributed by atoms with Crippen molar-refractivity contribution in [2.24, 2.45) is 5.73 Å². The number of carbonyl (C=O) groups excluding carboxylic acids is 1. The number of benzene rings is 1. The van der Waals surface area contributed by atoms with Crippen LogP contribution in [0.4, 0.5) is 0 Å². The Morgan fingerprint density at radius 3 is 2.50 bits per heavy atom. The Kier molecular flexibility index (Phi) is 2.67. The second-order valence-electron chi connectivity index (χ2n) is 5.64. The largest absolute Gasteiger partial charge is 0.338 e. The van der Waals surface area contributed by atoms with E-state index in [1.165, 1.54) is 5.56 Å². The highest BCUT2D eigenvalue weighted by Gasteiger charge is 2.54. The molecule has 1 aliphatic heterocycles. The third kappa shape index (κ3) is 1.65. The highest BCUT2D eigenvalue weighted by Crippen LogP contribution is 2.50. The molecule has 18 heavy (non-hydrogen) atoms. The molecule has 96 valence electrons. The lowest BCUT2D eigenvalue weighted by molar-refractivity contribution is -0.134. The number of hydrogen-bond donors (Lipinski definition) is 1. The summed E-state index contributed by atoms with van der Waals surface area (Å²) in [5.41, 5.74) is 6.95. The van der Waals surface area contributed by atoms with Gasteiger partial charge < -0.3 is 10.6 Å². The van der Waals surface area contributed by atoms with Crippen molar-refractivity contribution in [3.05, 3.63) is 35.9 Å². The van der Waals surface area contributed by atoms with Gasteiger partial charge in [0.25, 0.3) is 0 Å². The van der Waals surface area contributed by atoms with Crippen molar-refractivity contribution in [3.8, 4) is 0 Å². The van der Waals surface area contributed by atoms with E-state index in [0.717, 1.165) is 25.8 Å². The summed E-state index contributed by atoms with van der Waals surface area (Å²) in [6.45, 7) is 2.88. The van der Waals surface area contributed by atoms with Crippen LogP contribution in [0.3, 0.4) is 0 Å². The maximum atomic E-state index is 12.8. The number of rotatable bonds is 2. The molecule has 1 aromatic carbocycles. The van der Waals surface area contributed by atoms with E-state index in [1.807, 2.05) is 23.1 Å². The average Bonchev–Trinajstić information content (AvgIpc) is 3.14. The molecule has 1 aliphatic carbocycles. The molecule has 2 unspecified atom stereocenters. The summed E-state index contributed by atoms with van der Waals surface area (Å²) in [6, 6.07) is 10.5. The molecule has 0 bridgehead atoms. The fraction of sp³-hybridized carbons (Fsp3) is 0.533. The average molecular weight is 244 g/mol. The van der Waals surface area contributed by atoms with Gasteiger partial charge in [0, 0.05) is 18.6 Å². The summed E-state index contributed by atoms with van der Waals surface area (Å²) in [6.07, 6.45) is 2.89. The van der Waals surface area contributed by atoms with Crippen LogP contribution in [0.25, 0.3) is 0 Å². The molecule has 2 aliphatic rings. The Morgan fingerprint density at radius 2 is 2.00 bits per heavy atom. The van der Waals surface area contributed by atoms with Gasteiger partial charge in [-0.25, -0.2) is 0 Å². The molecule has 3 heteroatoms. The minimum Gasteiger partial charge on any atom is -0.338 e. The van der Waals surface area contributed by atoms with Crippen molar-refractivity contribution >= 4 is 5.91 Å². The Hall–Kier alpha value is -1.35. The highest BCUT2D eigenvalue weighted by atomic mass is 16.2. The van der Waals surface area contributed by atoms with Crippen LogP contribution in [0, 0.1) is 0 Å². The fourth-order valence-electron chi connectivity index (χ4n) is 3.03. The van der Waals surface area contributed by atoms with Crippen molar-refractivity contribution in [1.29, 1.82) is 0 Å². The van der Waals surface area contributed by atoms with E-state index in [1.54, 1.807) is 0 Å². The van der Waals surface area contributed by atoms with Gasteiger partial charge in [-0.15, -0.1) is 0 Å². The molecule has 3 nitrogen and oxygen atoms in total. The van der Waals surface area contributed by atoms with Gasteiger partial charge in [0.1, 0.15) is 0 Å². The summed E-state index contributed by atoms with van der Waals surface area (Å²) >= 11 is 0. The molecule has 0 radical (unpaired) electrons. The first-order chi connectivity index (χ1) is 8.65. The molecule has 1 saturated carbocycles. The van der Waals surface area contributed by atoms with Gasteiger partial charge in [0.2, 0.25) is 5.91 Å². The Morgan fingerprint density at radius 1 is 1.33 bits per heavy atom. The van der Waals surface area contributed by atoms with Crippen LogP contribution in [0.15, 0.2) is 30.3 Å². The molecule has 1 saturated heterocycles. The predicted octanol–water partition coefficient (Wildman–Crippen LogP) is 1.67. The van der Waals surface area contributed by atoms with Gasteiger partial charge in [-0.2, -0.15) is 0 Å². The molecule has 2 atom stereocenters. The van der Waals surface area contributed by atoms with E-state index in [4.69, 9.17) is 5.73 Å². The lowest BCUT2D eigenvalue weighted by atomic mass is 9.94. The molecule has 2 N–H and O–H groups in total. The second kappa shape index (κ2) is 4.09. The highest BCUT2D eigenvalue weighted by molar-refractivity contribution is 5.91. The van der Waals surface area contributed by atoms with Crippen LogP contribution in [0.5, 0.6) is 0 Å². The molecular formula is C15H20N2O. The van der Waals surface area contributed by atoms with Crippen LogP contribution < -0.4 is 5.73 Å². The Labute approximate surface area is 108 Å². The third-order valence-electron chi connectivity index (χ3n) is 4.56.